The summed E-state index contributed by atoms with van der Waals surface area (Å²) >= 11 is 9.02. The molecule has 0 saturated carbocycles. The van der Waals surface area contributed by atoms with Crippen molar-refractivity contribution in [2.24, 2.45) is 0 Å². The van der Waals surface area contributed by atoms with Gasteiger partial charge in [-0.25, -0.2) is 0 Å². The fraction of sp³-hybridized carbons (Fsp3) is 0.400. The van der Waals surface area contributed by atoms with Gasteiger partial charge >= 0.3 is 0 Å². The molecule has 3 nitrogen and oxygen atoms in total. The van der Waals surface area contributed by atoms with Gasteiger partial charge in [0.25, 0.3) is 0 Å². The molecule has 0 aliphatic rings. The van der Waals surface area contributed by atoms with Crippen molar-refractivity contribution in [2.45, 2.75) is 18.6 Å². The van der Waals surface area contributed by atoms with E-state index in [1.807, 2.05) is 0 Å². The highest BCUT2D eigenvalue weighted by Gasteiger charge is 2.18. The summed E-state index contributed by atoms with van der Waals surface area (Å²) in [5.41, 5.74) is 0.562. The van der Waals surface area contributed by atoms with Gasteiger partial charge in [0.05, 0.1) is 11.1 Å². The molecule has 0 bridgehead atoms. The summed E-state index contributed by atoms with van der Waals surface area (Å²) in [6.45, 7) is -0.160. The van der Waals surface area contributed by atoms with Crippen LogP contribution in [0.5, 0.6) is 0 Å². The maximum Gasteiger partial charge on any atom is 0.105 e. The van der Waals surface area contributed by atoms with Gasteiger partial charge in [0.2, 0.25) is 0 Å². The largest absolute Gasteiger partial charge is 0.396 e. The number of rotatable bonds is 4. The maximum atomic E-state index is 9.71. The average Bonchev–Trinajstić information content (AvgIpc) is 2.21. The van der Waals surface area contributed by atoms with Crippen LogP contribution < -0.4 is 0 Å². The Bertz CT molecular complexity index is 332. The van der Waals surface area contributed by atoms with Gasteiger partial charge in [-0.3, -0.25) is 0 Å². The quantitative estimate of drug-likeness (QED) is 0.795. The van der Waals surface area contributed by atoms with Crippen molar-refractivity contribution in [3.63, 3.8) is 0 Å². The zero-order chi connectivity index (χ0) is 11.4. The minimum Gasteiger partial charge on any atom is -0.396 e. The molecule has 0 saturated heterocycles. The van der Waals surface area contributed by atoms with Crippen molar-refractivity contribution in [1.82, 2.24) is 0 Å². The van der Waals surface area contributed by atoms with E-state index in [2.05, 4.69) is 15.9 Å². The van der Waals surface area contributed by atoms with Gasteiger partial charge in [0.15, 0.2) is 0 Å². The van der Waals surface area contributed by atoms with Gasteiger partial charge in [0.1, 0.15) is 6.10 Å². The average molecular weight is 296 g/mol. The molecule has 0 spiro atoms. The first-order valence-corrected chi connectivity index (χ1v) is 5.65. The second-order valence-electron chi connectivity index (χ2n) is 3.20. The standard InChI is InChI=1S/C10H12BrClO3/c11-7-5-6(1-2-8(7)12)10(15)9(14)3-4-13/h1-2,5,9-10,13-15H,3-4H2. The molecule has 1 aromatic rings. The van der Waals surface area contributed by atoms with Crippen molar-refractivity contribution in [2.75, 3.05) is 6.61 Å². The Balaban J connectivity index is 2.81. The zero-order valence-corrected chi connectivity index (χ0v) is 10.2. The fourth-order valence-electron chi connectivity index (χ4n) is 1.21. The van der Waals surface area contributed by atoms with Gasteiger partial charge < -0.3 is 15.3 Å². The first-order valence-electron chi connectivity index (χ1n) is 4.48. The molecule has 0 aliphatic heterocycles. The van der Waals surface area contributed by atoms with E-state index in [0.717, 1.165) is 0 Å². The molecule has 0 amide bonds. The van der Waals surface area contributed by atoms with Crippen molar-refractivity contribution < 1.29 is 15.3 Å². The number of hydrogen-bond donors (Lipinski definition) is 3. The molecular weight excluding hydrogens is 283 g/mol. The van der Waals surface area contributed by atoms with Crippen LogP contribution in [0.3, 0.4) is 0 Å². The Morgan fingerprint density at radius 3 is 2.53 bits per heavy atom. The molecule has 0 fully saturated rings. The molecule has 0 heterocycles. The van der Waals surface area contributed by atoms with Crippen molar-refractivity contribution in [3.8, 4) is 0 Å². The molecule has 84 valence electrons. The lowest BCUT2D eigenvalue weighted by molar-refractivity contribution is 0.00419. The summed E-state index contributed by atoms with van der Waals surface area (Å²) in [6, 6.07) is 4.92. The Morgan fingerprint density at radius 2 is 2.00 bits per heavy atom. The van der Waals surface area contributed by atoms with Crippen LogP contribution in [0.15, 0.2) is 22.7 Å². The summed E-state index contributed by atoms with van der Waals surface area (Å²) in [4.78, 5) is 0. The highest BCUT2D eigenvalue weighted by Crippen LogP contribution is 2.27. The van der Waals surface area contributed by atoms with Gasteiger partial charge in [-0.2, -0.15) is 0 Å². The minimum absolute atomic E-state index is 0.140. The second kappa shape index (κ2) is 5.82. The number of aliphatic hydroxyl groups is 3. The van der Waals surface area contributed by atoms with Crippen LogP contribution in [0.2, 0.25) is 5.02 Å². The lowest BCUT2D eigenvalue weighted by Gasteiger charge is -2.17. The molecule has 2 unspecified atom stereocenters. The summed E-state index contributed by atoms with van der Waals surface area (Å²) < 4.78 is 0.664. The Hall–Kier alpha value is -0.130. The number of aliphatic hydroxyl groups excluding tert-OH is 3. The molecule has 3 N–H and O–H groups in total. The van der Waals surface area contributed by atoms with Crippen molar-refractivity contribution in [1.29, 1.82) is 0 Å². The molecule has 15 heavy (non-hydrogen) atoms. The summed E-state index contributed by atoms with van der Waals surface area (Å²) in [6.07, 6.45) is -1.84. The first kappa shape index (κ1) is 12.9. The zero-order valence-electron chi connectivity index (χ0n) is 7.90. The second-order valence-corrected chi connectivity index (χ2v) is 4.46. The fourth-order valence-corrected chi connectivity index (χ4v) is 1.72. The number of hydrogen-bond acceptors (Lipinski definition) is 3. The van der Waals surface area contributed by atoms with Crippen molar-refractivity contribution >= 4 is 27.5 Å². The monoisotopic (exact) mass is 294 g/mol. The molecule has 0 aromatic heterocycles. The molecule has 5 heteroatoms. The van der Waals surface area contributed by atoms with E-state index in [-0.39, 0.29) is 13.0 Å². The molecule has 0 aliphatic carbocycles. The van der Waals surface area contributed by atoms with E-state index in [1.54, 1.807) is 18.2 Å². The Morgan fingerprint density at radius 1 is 1.33 bits per heavy atom. The first-order chi connectivity index (χ1) is 7.06. The number of halogens is 2. The normalized spacial score (nSPS) is 15.0. The van der Waals surface area contributed by atoms with Gasteiger partial charge in [-0.15, -0.1) is 0 Å². The van der Waals surface area contributed by atoms with Crippen LogP contribution in [0.1, 0.15) is 18.1 Å². The van der Waals surface area contributed by atoms with Crippen LogP contribution >= 0.6 is 27.5 Å². The van der Waals surface area contributed by atoms with Crippen LogP contribution in [0.25, 0.3) is 0 Å². The van der Waals surface area contributed by atoms with E-state index < -0.39 is 12.2 Å². The van der Waals surface area contributed by atoms with Crippen LogP contribution in [-0.2, 0) is 0 Å². The predicted molar refractivity (Wildman–Crippen MR) is 61.8 cm³/mol. The number of benzene rings is 1. The van der Waals surface area contributed by atoms with Gasteiger partial charge in [0, 0.05) is 11.1 Å². The van der Waals surface area contributed by atoms with E-state index in [9.17, 15) is 10.2 Å². The topological polar surface area (TPSA) is 60.7 Å². The lowest BCUT2D eigenvalue weighted by Crippen LogP contribution is -2.19. The van der Waals surface area contributed by atoms with Crippen LogP contribution in [0.4, 0.5) is 0 Å². The molecule has 0 radical (unpaired) electrons. The van der Waals surface area contributed by atoms with Gasteiger partial charge in [-0.05, 0) is 40.0 Å². The molecule has 1 rings (SSSR count). The van der Waals surface area contributed by atoms with E-state index in [0.29, 0.717) is 15.1 Å². The third-order valence-corrected chi connectivity index (χ3v) is 3.29. The molecular formula is C10H12BrClO3. The van der Waals surface area contributed by atoms with E-state index >= 15 is 0 Å². The third kappa shape index (κ3) is 3.43. The highest BCUT2D eigenvalue weighted by molar-refractivity contribution is 9.10. The van der Waals surface area contributed by atoms with Crippen molar-refractivity contribution in [3.05, 3.63) is 33.3 Å². The summed E-state index contributed by atoms with van der Waals surface area (Å²) in [7, 11) is 0. The molecule has 1 aromatic carbocycles. The Kier molecular flexibility index (Phi) is 5.02. The SMILES string of the molecule is OCCC(O)C(O)c1ccc(Cl)c(Br)c1. The Labute approximate surface area is 101 Å². The highest BCUT2D eigenvalue weighted by atomic mass is 79.9. The smallest absolute Gasteiger partial charge is 0.105 e. The lowest BCUT2D eigenvalue weighted by atomic mass is 10.0. The van der Waals surface area contributed by atoms with E-state index in [1.165, 1.54) is 0 Å². The van der Waals surface area contributed by atoms with Gasteiger partial charge in [-0.1, -0.05) is 17.7 Å². The van der Waals surface area contributed by atoms with Crippen LogP contribution in [0, 0.1) is 0 Å². The minimum atomic E-state index is -1.01. The van der Waals surface area contributed by atoms with E-state index in [4.69, 9.17) is 16.7 Å². The maximum absolute atomic E-state index is 9.71. The summed E-state index contributed by atoms with van der Waals surface area (Å²) in [5.74, 6) is 0. The molecule has 2 atom stereocenters. The van der Waals surface area contributed by atoms with Crippen LogP contribution in [-0.4, -0.2) is 28.0 Å². The third-order valence-electron chi connectivity index (χ3n) is 2.07. The predicted octanol–water partition coefficient (Wildman–Crippen LogP) is 1.88. The summed E-state index contributed by atoms with van der Waals surface area (Å²) in [5, 5.41) is 28.4.